The highest BCUT2D eigenvalue weighted by molar-refractivity contribution is 14.1. The molecule has 0 fully saturated rings. The second-order valence-electron chi connectivity index (χ2n) is 6.86. The van der Waals surface area contributed by atoms with Gasteiger partial charge in [0, 0.05) is 29.7 Å². The number of non-ortho nitro benzene ring substituents is 1. The highest BCUT2D eigenvalue weighted by Gasteiger charge is 2.24. The number of hydrogen-bond acceptors (Lipinski definition) is 4. The number of ketones is 1. The number of nitro benzene ring substituents is 1. The molecule has 0 aliphatic heterocycles. The van der Waals surface area contributed by atoms with Crippen LogP contribution >= 0.6 is 45.2 Å². The Morgan fingerprint density at radius 3 is 2.33 bits per heavy atom. The lowest BCUT2D eigenvalue weighted by Gasteiger charge is -2.12. The Balaban J connectivity index is 1.51. The number of nitro groups is 1. The number of rotatable bonds is 5. The molecule has 0 unspecified atom stereocenters. The first kappa shape index (κ1) is 21.0. The third-order valence-corrected chi connectivity index (χ3v) is 6.43. The number of fused-ring (bicyclic) bond motifs is 1. The molecule has 7 heteroatoms. The maximum atomic E-state index is 12.6. The van der Waals surface area contributed by atoms with Crippen molar-refractivity contribution in [3.8, 4) is 5.75 Å². The van der Waals surface area contributed by atoms with Gasteiger partial charge in [-0.25, -0.2) is 0 Å². The smallest absolute Gasteiger partial charge is 0.269 e. The Morgan fingerprint density at radius 1 is 1.03 bits per heavy atom. The SMILES string of the molecule is O=C1/C(=C/c2cc(I)c(OCc3ccc([N+](=O)[O-])cc3)c(I)c2)Cc2ccccc21. The number of benzene rings is 3. The Labute approximate surface area is 200 Å². The molecule has 0 radical (unpaired) electrons. The summed E-state index contributed by atoms with van der Waals surface area (Å²) in [5.74, 6) is 0.854. The van der Waals surface area contributed by atoms with Gasteiger partial charge in [0.25, 0.3) is 5.69 Å². The zero-order valence-electron chi connectivity index (χ0n) is 15.6. The molecule has 0 bridgehead atoms. The van der Waals surface area contributed by atoms with Crippen LogP contribution in [0.5, 0.6) is 5.75 Å². The zero-order valence-corrected chi connectivity index (χ0v) is 19.9. The van der Waals surface area contributed by atoms with Gasteiger partial charge >= 0.3 is 0 Å². The van der Waals surface area contributed by atoms with Gasteiger partial charge in [0.1, 0.15) is 12.4 Å². The van der Waals surface area contributed by atoms with E-state index in [1.807, 2.05) is 42.5 Å². The minimum absolute atomic E-state index is 0.0592. The number of nitrogens with zero attached hydrogens (tertiary/aromatic N) is 1. The molecule has 3 aromatic carbocycles. The van der Waals surface area contributed by atoms with E-state index in [0.717, 1.165) is 40.7 Å². The molecule has 1 aliphatic rings. The fourth-order valence-electron chi connectivity index (χ4n) is 3.34. The van der Waals surface area contributed by atoms with Crippen molar-refractivity contribution in [3.05, 3.63) is 106 Å². The predicted molar refractivity (Wildman–Crippen MR) is 132 cm³/mol. The molecule has 3 aromatic rings. The van der Waals surface area contributed by atoms with Crippen LogP contribution in [0, 0.1) is 17.3 Å². The number of allylic oxidation sites excluding steroid dienone is 1. The van der Waals surface area contributed by atoms with Gasteiger partial charge in [-0.1, -0.05) is 24.3 Å². The largest absolute Gasteiger partial charge is 0.487 e. The van der Waals surface area contributed by atoms with Crippen LogP contribution < -0.4 is 4.74 Å². The van der Waals surface area contributed by atoms with E-state index in [1.54, 1.807) is 12.1 Å². The van der Waals surface area contributed by atoms with Crippen LogP contribution in [-0.2, 0) is 13.0 Å². The number of halogens is 2. The molecule has 0 amide bonds. The summed E-state index contributed by atoms with van der Waals surface area (Å²) in [5.41, 5.74) is 4.53. The van der Waals surface area contributed by atoms with Crippen molar-refractivity contribution < 1.29 is 14.5 Å². The van der Waals surface area contributed by atoms with Crippen molar-refractivity contribution in [2.45, 2.75) is 13.0 Å². The highest BCUT2D eigenvalue weighted by atomic mass is 127. The molecule has 0 aromatic heterocycles. The molecule has 0 saturated carbocycles. The molecule has 0 saturated heterocycles. The molecular weight excluding hydrogens is 608 g/mol. The van der Waals surface area contributed by atoms with E-state index in [2.05, 4.69) is 45.2 Å². The Kier molecular flexibility index (Phi) is 6.19. The second kappa shape index (κ2) is 8.84. The minimum Gasteiger partial charge on any atom is -0.487 e. The third kappa shape index (κ3) is 4.41. The Morgan fingerprint density at radius 2 is 1.70 bits per heavy atom. The Hall–Kier alpha value is -2.27. The third-order valence-electron chi connectivity index (χ3n) is 4.83. The maximum absolute atomic E-state index is 12.6. The van der Waals surface area contributed by atoms with Gasteiger partial charge in [0.05, 0.1) is 12.1 Å². The lowest BCUT2D eigenvalue weighted by atomic mass is 10.1. The fraction of sp³-hybridized carbons (Fsp3) is 0.0870. The summed E-state index contributed by atoms with van der Waals surface area (Å²) in [6, 6.07) is 18.0. The maximum Gasteiger partial charge on any atom is 0.269 e. The molecule has 4 rings (SSSR count). The molecule has 0 spiro atoms. The molecule has 1 aliphatic carbocycles. The number of carbonyl (C=O) groups excluding carboxylic acids is 1. The van der Waals surface area contributed by atoms with Crippen LogP contribution in [0.15, 0.2) is 66.2 Å². The molecule has 30 heavy (non-hydrogen) atoms. The summed E-state index contributed by atoms with van der Waals surface area (Å²) in [6.07, 6.45) is 2.60. The average molecular weight is 623 g/mol. The van der Waals surface area contributed by atoms with Crippen LogP contribution in [0.2, 0.25) is 0 Å². The van der Waals surface area contributed by atoms with Crippen molar-refractivity contribution in [2.75, 3.05) is 0 Å². The van der Waals surface area contributed by atoms with Crippen molar-refractivity contribution in [3.63, 3.8) is 0 Å². The number of carbonyl (C=O) groups is 1. The summed E-state index contributed by atoms with van der Waals surface area (Å²) < 4.78 is 7.86. The topological polar surface area (TPSA) is 69.4 Å². The normalized spacial score (nSPS) is 14.1. The molecular formula is C23H15I2NO4. The van der Waals surface area contributed by atoms with Crippen molar-refractivity contribution in [1.82, 2.24) is 0 Å². The fourth-order valence-corrected chi connectivity index (χ4v) is 5.47. The zero-order chi connectivity index (χ0) is 21.3. The Bertz CT molecular complexity index is 1160. The van der Waals surface area contributed by atoms with Crippen LogP contribution in [0.25, 0.3) is 6.08 Å². The van der Waals surface area contributed by atoms with Crippen molar-refractivity contribution in [2.24, 2.45) is 0 Å². The first-order valence-electron chi connectivity index (χ1n) is 9.11. The van der Waals surface area contributed by atoms with Gasteiger partial charge in [-0.2, -0.15) is 0 Å². The standard InChI is InChI=1S/C23H15I2NO4/c24-20-10-15(9-17-12-16-3-1-2-4-19(16)22(17)27)11-21(25)23(20)30-13-14-5-7-18(8-6-14)26(28)29/h1-11H,12-13H2/b17-9+. The number of hydrogen-bond donors (Lipinski definition) is 0. The van der Waals surface area contributed by atoms with Crippen LogP contribution in [-0.4, -0.2) is 10.7 Å². The van der Waals surface area contributed by atoms with Crippen molar-refractivity contribution in [1.29, 1.82) is 0 Å². The first-order valence-corrected chi connectivity index (χ1v) is 11.3. The summed E-state index contributed by atoms with van der Waals surface area (Å²) in [4.78, 5) is 23.0. The van der Waals surface area contributed by atoms with E-state index in [9.17, 15) is 14.9 Å². The molecule has 0 heterocycles. The molecule has 0 atom stereocenters. The van der Waals surface area contributed by atoms with Gasteiger partial charge in [0.15, 0.2) is 5.78 Å². The predicted octanol–water partition coefficient (Wildman–Crippen LogP) is 6.21. The summed E-state index contributed by atoms with van der Waals surface area (Å²) in [6.45, 7) is 0.318. The van der Waals surface area contributed by atoms with E-state index in [4.69, 9.17) is 4.74 Å². The van der Waals surface area contributed by atoms with Crippen molar-refractivity contribution >= 4 is 62.7 Å². The van der Waals surface area contributed by atoms with E-state index in [0.29, 0.717) is 13.0 Å². The lowest BCUT2D eigenvalue weighted by Crippen LogP contribution is -2.00. The average Bonchev–Trinajstić information content (AvgIpc) is 3.03. The second-order valence-corrected chi connectivity index (χ2v) is 9.18. The van der Waals surface area contributed by atoms with E-state index in [-0.39, 0.29) is 11.5 Å². The number of Topliss-reactive ketones (excluding diaryl/α,β-unsaturated/α-hetero) is 1. The summed E-state index contributed by atoms with van der Waals surface area (Å²) >= 11 is 4.45. The number of ether oxygens (including phenoxy) is 1. The van der Waals surface area contributed by atoms with E-state index >= 15 is 0 Å². The van der Waals surface area contributed by atoms with Gasteiger partial charge in [-0.15, -0.1) is 0 Å². The monoisotopic (exact) mass is 623 g/mol. The molecule has 5 nitrogen and oxygen atoms in total. The van der Waals surface area contributed by atoms with Crippen LogP contribution in [0.1, 0.15) is 27.0 Å². The van der Waals surface area contributed by atoms with Crippen LogP contribution in [0.4, 0.5) is 5.69 Å². The van der Waals surface area contributed by atoms with E-state index in [1.165, 1.54) is 12.1 Å². The van der Waals surface area contributed by atoms with Gasteiger partial charge in [0.2, 0.25) is 0 Å². The van der Waals surface area contributed by atoms with Gasteiger partial charge < -0.3 is 4.74 Å². The quantitative estimate of drug-likeness (QED) is 0.147. The first-order chi connectivity index (χ1) is 14.4. The van der Waals surface area contributed by atoms with Gasteiger partial charge in [-0.05, 0) is 92.2 Å². The minimum atomic E-state index is -0.419. The molecule has 0 N–H and O–H groups in total. The summed E-state index contributed by atoms with van der Waals surface area (Å²) in [7, 11) is 0. The van der Waals surface area contributed by atoms with Crippen LogP contribution in [0.3, 0.4) is 0 Å². The van der Waals surface area contributed by atoms with E-state index < -0.39 is 4.92 Å². The lowest BCUT2D eigenvalue weighted by molar-refractivity contribution is -0.384. The highest BCUT2D eigenvalue weighted by Crippen LogP contribution is 2.32. The van der Waals surface area contributed by atoms with Gasteiger partial charge in [-0.3, -0.25) is 14.9 Å². The summed E-state index contributed by atoms with van der Waals surface area (Å²) in [5, 5.41) is 10.8. The molecule has 150 valence electrons.